The first-order valence-corrected chi connectivity index (χ1v) is 7.19. The fourth-order valence-corrected chi connectivity index (χ4v) is 2.40. The Morgan fingerprint density at radius 3 is 2.71 bits per heavy atom. The van der Waals surface area contributed by atoms with E-state index < -0.39 is 21.7 Å². The fraction of sp³-hybridized carbons (Fsp3) is 0.222. The highest BCUT2D eigenvalue weighted by Gasteiger charge is 2.17. The summed E-state index contributed by atoms with van der Waals surface area (Å²) >= 11 is 8.98. The lowest BCUT2D eigenvalue weighted by molar-refractivity contribution is -0.137. The van der Waals surface area contributed by atoms with Crippen molar-refractivity contribution in [2.24, 2.45) is 0 Å². The Bertz CT molecular complexity index is 532. The van der Waals surface area contributed by atoms with Crippen molar-refractivity contribution < 1.29 is 17.9 Å². The molecular formula is C9H9BrClNO4S. The second kappa shape index (κ2) is 5.70. The third-order valence-corrected chi connectivity index (χ3v) is 4.12. The summed E-state index contributed by atoms with van der Waals surface area (Å²) in [6.07, 6.45) is 0. The molecule has 17 heavy (non-hydrogen) atoms. The number of hydrogen-bond donors (Lipinski definition) is 1. The average molecular weight is 343 g/mol. The van der Waals surface area contributed by atoms with Gasteiger partial charge >= 0.3 is 5.97 Å². The van der Waals surface area contributed by atoms with Gasteiger partial charge in [-0.15, -0.1) is 0 Å². The molecule has 0 spiro atoms. The number of halogens is 2. The predicted molar refractivity (Wildman–Crippen MR) is 68.6 cm³/mol. The SMILES string of the molecule is COC(=O)CS(=O)(=O)Nc1ccc(Br)c(Cl)c1. The average Bonchev–Trinajstić information content (AvgIpc) is 2.22. The van der Waals surface area contributed by atoms with E-state index in [2.05, 4.69) is 25.4 Å². The molecule has 0 saturated heterocycles. The summed E-state index contributed by atoms with van der Waals surface area (Å²) in [7, 11) is -2.65. The molecule has 1 rings (SSSR count). The zero-order valence-corrected chi connectivity index (χ0v) is 11.9. The largest absolute Gasteiger partial charge is 0.468 e. The van der Waals surface area contributed by atoms with Gasteiger partial charge in [0.1, 0.15) is 0 Å². The van der Waals surface area contributed by atoms with Crippen molar-refractivity contribution in [2.75, 3.05) is 17.6 Å². The van der Waals surface area contributed by atoms with Crippen molar-refractivity contribution in [3.8, 4) is 0 Å². The van der Waals surface area contributed by atoms with Gasteiger partial charge in [0.05, 0.1) is 17.8 Å². The van der Waals surface area contributed by atoms with Crippen molar-refractivity contribution >= 4 is 49.2 Å². The van der Waals surface area contributed by atoms with Crippen molar-refractivity contribution in [2.45, 2.75) is 0 Å². The third kappa shape index (κ3) is 4.53. The fourth-order valence-electron chi connectivity index (χ4n) is 0.989. The number of carbonyl (C=O) groups is 1. The summed E-state index contributed by atoms with van der Waals surface area (Å²) in [5.74, 6) is -1.57. The van der Waals surface area contributed by atoms with Gasteiger partial charge in [-0.2, -0.15) is 0 Å². The van der Waals surface area contributed by atoms with Gasteiger partial charge in [-0.1, -0.05) is 11.6 Å². The molecule has 8 heteroatoms. The molecule has 1 aromatic carbocycles. The Balaban J connectivity index is 2.83. The van der Waals surface area contributed by atoms with Crippen molar-refractivity contribution in [1.82, 2.24) is 0 Å². The Labute approximate surface area is 112 Å². The van der Waals surface area contributed by atoms with Gasteiger partial charge < -0.3 is 4.74 Å². The third-order valence-electron chi connectivity index (χ3n) is 1.73. The summed E-state index contributed by atoms with van der Waals surface area (Å²) in [6, 6.07) is 4.55. The van der Waals surface area contributed by atoms with E-state index in [-0.39, 0.29) is 5.69 Å². The summed E-state index contributed by atoms with van der Waals surface area (Å²) in [5.41, 5.74) is 0.280. The van der Waals surface area contributed by atoms with Crippen molar-refractivity contribution in [3.63, 3.8) is 0 Å². The number of carbonyl (C=O) groups excluding carboxylic acids is 1. The second-order valence-corrected chi connectivity index (χ2v) is 6.05. The maximum Gasteiger partial charge on any atom is 0.322 e. The molecule has 0 bridgehead atoms. The van der Waals surface area contributed by atoms with Crippen LogP contribution in [0.15, 0.2) is 22.7 Å². The number of ether oxygens (including phenoxy) is 1. The monoisotopic (exact) mass is 341 g/mol. The number of hydrogen-bond acceptors (Lipinski definition) is 4. The van der Waals surface area contributed by atoms with Gasteiger partial charge in [-0.3, -0.25) is 9.52 Å². The Kier molecular flexibility index (Phi) is 4.79. The van der Waals surface area contributed by atoms with Crippen LogP contribution < -0.4 is 4.72 Å². The number of sulfonamides is 1. The van der Waals surface area contributed by atoms with E-state index in [9.17, 15) is 13.2 Å². The topological polar surface area (TPSA) is 72.5 Å². The van der Waals surface area contributed by atoms with Crippen LogP contribution in [-0.2, 0) is 19.6 Å². The van der Waals surface area contributed by atoms with Gasteiger partial charge in [0.25, 0.3) is 0 Å². The van der Waals surface area contributed by atoms with Crippen LogP contribution in [-0.4, -0.2) is 27.2 Å². The highest BCUT2D eigenvalue weighted by molar-refractivity contribution is 9.10. The normalized spacial score (nSPS) is 11.0. The van der Waals surface area contributed by atoms with Crippen molar-refractivity contribution in [3.05, 3.63) is 27.7 Å². The van der Waals surface area contributed by atoms with E-state index in [0.29, 0.717) is 9.50 Å². The smallest absolute Gasteiger partial charge is 0.322 e. The molecule has 0 amide bonds. The molecule has 5 nitrogen and oxygen atoms in total. The van der Waals surface area contributed by atoms with Crippen molar-refractivity contribution in [1.29, 1.82) is 0 Å². The molecule has 0 fully saturated rings. The number of benzene rings is 1. The molecule has 0 aromatic heterocycles. The molecule has 0 atom stereocenters. The highest BCUT2D eigenvalue weighted by atomic mass is 79.9. The molecule has 0 radical (unpaired) electrons. The summed E-state index contributed by atoms with van der Waals surface area (Å²) in [4.78, 5) is 10.9. The summed E-state index contributed by atoms with van der Waals surface area (Å²) < 4.78 is 30.1. The van der Waals surface area contributed by atoms with Crippen LogP contribution in [0.5, 0.6) is 0 Å². The van der Waals surface area contributed by atoms with Crippen LogP contribution in [0.4, 0.5) is 5.69 Å². The zero-order valence-electron chi connectivity index (χ0n) is 8.74. The predicted octanol–water partition coefficient (Wildman–Crippen LogP) is 2.02. The minimum Gasteiger partial charge on any atom is -0.468 e. The highest BCUT2D eigenvalue weighted by Crippen LogP contribution is 2.25. The van der Waals surface area contributed by atoms with E-state index in [1.54, 1.807) is 6.07 Å². The molecular weight excluding hydrogens is 334 g/mol. The Morgan fingerprint density at radius 1 is 1.53 bits per heavy atom. The summed E-state index contributed by atoms with van der Waals surface area (Å²) in [5, 5.41) is 0.364. The lowest BCUT2D eigenvalue weighted by atomic mass is 10.3. The van der Waals surface area contributed by atoms with Crippen LogP contribution in [0.25, 0.3) is 0 Å². The molecule has 1 N–H and O–H groups in total. The van der Waals surface area contributed by atoms with Gasteiger partial charge in [-0.25, -0.2) is 8.42 Å². The maximum atomic E-state index is 11.5. The molecule has 0 unspecified atom stereocenters. The summed E-state index contributed by atoms with van der Waals surface area (Å²) in [6.45, 7) is 0. The minimum absolute atomic E-state index is 0.280. The molecule has 0 aliphatic carbocycles. The Morgan fingerprint density at radius 2 is 2.18 bits per heavy atom. The molecule has 0 aliphatic heterocycles. The van der Waals surface area contributed by atoms with Crippen LogP contribution in [0.2, 0.25) is 5.02 Å². The van der Waals surface area contributed by atoms with E-state index in [0.717, 1.165) is 7.11 Å². The number of esters is 1. The van der Waals surface area contributed by atoms with Crippen LogP contribution in [0.3, 0.4) is 0 Å². The second-order valence-electron chi connectivity index (χ2n) is 3.07. The number of anilines is 1. The van der Waals surface area contributed by atoms with Gasteiger partial charge in [0.2, 0.25) is 10.0 Å². The van der Waals surface area contributed by atoms with Crippen LogP contribution >= 0.6 is 27.5 Å². The minimum atomic E-state index is -3.77. The zero-order chi connectivity index (χ0) is 13.1. The van der Waals surface area contributed by atoms with E-state index in [4.69, 9.17) is 11.6 Å². The maximum absolute atomic E-state index is 11.5. The first kappa shape index (κ1) is 14.3. The van der Waals surface area contributed by atoms with Crippen LogP contribution in [0.1, 0.15) is 0 Å². The number of rotatable bonds is 4. The van der Waals surface area contributed by atoms with Gasteiger partial charge in [0, 0.05) is 4.47 Å². The van der Waals surface area contributed by atoms with Crippen LogP contribution in [0, 0.1) is 0 Å². The van der Waals surface area contributed by atoms with E-state index >= 15 is 0 Å². The van der Waals surface area contributed by atoms with Gasteiger partial charge in [-0.05, 0) is 34.1 Å². The first-order chi connectivity index (χ1) is 7.84. The molecule has 1 aromatic rings. The Hall–Kier alpha value is -0.790. The lowest BCUT2D eigenvalue weighted by Crippen LogP contribution is -2.23. The molecule has 0 saturated carbocycles. The lowest BCUT2D eigenvalue weighted by Gasteiger charge is -2.07. The quantitative estimate of drug-likeness (QED) is 0.850. The first-order valence-electron chi connectivity index (χ1n) is 4.36. The molecule has 0 heterocycles. The van der Waals surface area contributed by atoms with E-state index in [1.165, 1.54) is 12.1 Å². The molecule has 94 valence electrons. The number of methoxy groups -OCH3 is 1. The molecule has 0 aliphatic rings. The van der Waals surface area contributed by atoms with E-state index in [1.807, 2.05) is 0 Å². The standard InChI is InChI=1S/C9H9BrClNO4S/c1-16-9(13)5-17(14,15)12-6-2-3-7(10)8(11)4-6/h2-4,12H,5H2,1H3. The van der Waals surface area contributed by atoms with Gasteiger partial charge in [0.15, 0.2) is 5.75 Å². The number of nitrogens with one attached hydrogen (secondary N) is 1.